The van der Waals surface area contributed by atoms with Crippen LogP contribution in [0.4, 0.5) is 0 Å². The number of hydrogen-bond donors (Lipinski definition) is 2. The summed E-state index contributed by atoms with van der Waals surface area (Å²) in [5.41, 5.74) is 0.906. The summed E-state index contributed by atoms with van der Waals surface area (Å²) in [6.07, 6.45) is 1.15. The van der Waals surface area contributed by atoms with Crippen LogP contribution in [0.25, 0.3) is 0 Å². The van der Waals surface area contributed by atoms with Crippen LogP contribution in [0.1, 0.15) is 18.9 Å². The zero-order valence-electron chi connectivity index (χ0n) is 10.3. The molecule has 0 fully saturated rings. The van der Waals surface area contributed by atoms with Crippen LogP contribution >= 0.6 is 15.9 Å². The quantitative estimate of drug-likeness (QED) is 0.839. The van der Waals surface area contributed by atoms with Crippen molar-refractivity contribution in [2.75, 3.05) is 13.1 Å². The van der Waals surface area contributed by atoms with Gasteiger partial charge in [-0.25, -0.2) is 0 Å². The zero-order chi connectivity index (χ0) is 13.4. The van der Waals surface area contributed by atoms with Crippen LogP contribution in [0.15, 0.2) is 28.7 Å². The Bertz CT molecular complexity index is 421. The van der Waals surface area contributed by atoms with Gasteiger partial charge >= 0.3 is 0 Å². The molecule has 0 heterocycles. The summed E-state index contributed by atoms with van der Waals surface area (Å²) in [6.45, 7) is 2.65. The first-order valence-electron chi connectivity index (χ1n) is 5.90. The van der Waals surface area contributed by atoms with E-state index in [0.29, 0.717) is 6.54 Å². The smallest absolute Gasteiger partial charge is 0.239 e. The van der Waals surface area contributed by atoms with Gasteiger partial charge in [-0.2, -0.15) is 0 Å². The summed E-state index contributed by atoms with van der Waals surface area (Å²) in [5.74, 6) is -0.314. The maximum absolute atomic E-state index is 11.6. The van der Waals surface area contributed by atoms with Crippen LogP contribution in [-0.4, -0.2) is 24.9 Å². The molecule has 1 aromatic carbocycles. The molecule has 4 nitrogen and oxygen atoms in total. The van der Waals surface area contributed by atoms with Crippen LogP contribution in [-0.2, 0) is 16.0 Å². The second-order valence-electron chi connectivity index (χ2n) is 3.89. The average Bonchev–Trinajstić information content (AvgIpc) is 2.36. The lowest BCUT2D eigenvalue weighted by Gasteiger charge is -2.07. The molecule has 0 saturated carbocycles. The van der Waals surface area contributed by atoms with Crippen molar-refractivity contribution in [3.05, 3.63) is 34.3 Å². The molecule has 2 amide bonds. The highest BCUT2D eigenvalue weighted by Gasteiger charge is 2.07. The van der Waals surface area contributed by atoms with Crippen LogP contribution in [0, 0.1) is 0 Å². The van der Waals surface area contributed by atoms with Crippen LogP contribution in [0.2, 0.25) is 0 Å². The van der Waals surface area contributed by atoms with Crippen molar-refractivity contribution in [3.8, 4) is 0 Å². The van der Waals surface area contributed by atoms with E-state index < -0.39 is 0 Å². The third-order valence-corrected chi connectivity index (χ3v) is 3.10. The van der Waals surface area contributed by atoms with E-state index in [1.54, 1.807) is 0 Å². The zero-order valence-corrected chi connectivity index (χ0v) is 11.9. The molecule has 0 aliphatic heterocycles. The topological polar surface area (TPSA) is 58.2 Å². The lowest BCUT2D eigenvalue weighted by Crippen LogP contribution is -2.37. The molecule has 0 aliphatic rings. The summed E-state index contributed by atoms with van der Waals surface area (Å²) in [4.78, 5) is 22.9. The van der Waals surface area contributed by atoms with E-state index in [2.05, 4.69) is 26.6 Å². The lowest BCUT2D eigenvalue weighted by molar-refractivity contribution is -0.125. The van der Waals surface area contributed by atoms with E-state index >= 15 is 0 Å². The molecular weight excluding hydrogens is 296 g/mol. The Labute approximate surface area is 115 Å². The van der Waals surface area contributed by atoms with Gasteiger partial charge in [0.1, 0.15) is 0 Å². The Kier molecular flexibility index (Phi) is 6.43. The van der Waals surface area contributed by atoms with Gasteiger partial charge < -0.3 is 10.6 Å². The van der Waals surface area contributed by atoms with Gasteiger partial charge in [0.25, 0.3) is 0 Å². The fourth-order valence-corrected chi connectivity index (χ4v) is 1.81. The summed E-state index contributed by atoms with van der Waals surface area (Å²) < 4.78 is 0.899. The number of carbonyl (C=O) groups excluding carboxylic acids is 2. The van der Waals surface area contributed by atoms with Gasteiger partial charge in [-0.1, -0.05) is 41.1 Å². The maximum atomic E-state index is 11.6. The van der Waals surface area contributed by atoms with Gasteiger partial charge in [-0.05, 0) is 18.1 Å². The van der Waals surface area contributed by atoms with E-state index in [1.165, 1.54) is 0 Å². The van der Waals surface area contributed by atoms with Gasteiger partial charge in [0.05, 0.1) is 13.0 Å². The van der Waals surface area contributed by atoms with Crippen molar-refractivity contribution in [1.82, 2.24) is 10.6 Å². The minimum Gasteiger partial charge on any atom is -0.355 e. The lowest BCUT2D eigenvalue weighted by atomic mass is 10.1. The maximum Gasteiger partial charge on any atom is 0.239 e. The standard InChI is InChI=1S/C13H17BrN2O2/c1-2-7-15-13(18)9-16-12(17)8-10-5-3-4-6-11(10)14/h3-6H,2,7-9H2,1H3,(H,15,18)(H,16,17). The number of nitrogens with one attached hydrogen (secondary N) is 2. The Balaban J connectivity index is 2.34. The fourth-order valence-electron chi connectivity index (χ4n) is 1.38. The third-order valence-electron chi connectivity index (χ3n) is 2.33. The molecule has 0 spiro atoms. The number of hydrogen-bond acceptors (Lipinski definition) is 2. The SMILES string of the molecule is CCCNC(=O)CNC(=O)Cc1ccccc1Br. The predicted octanol–water partition coefficient (Wildman–Crippen LogP) is 1.63. The van der Waals surface area contributed by atoms with Gasteiger partial charge in [-0.15, -0.1) is 0 Å². The number of amides is 2. The molecule has 98 valence electrons. The van der Waals surface area contributed by atoms with Crippen molar-refractivity contribution in [2.24, 2.45) is 0 Å². The van der Waals surface area contributed by atoms with E-state index in [4.69, 9.17) is 0 Å². The largest absolute Gasteiger partial charge is 0.355 e. The normalized spacial score (nSPS) is 9.89. The molecule has 0 bridgehead atoms. The molecule has 2 N–H and O–H groups in total. The molecule has 5 heteroatoms. The fraction of sp³-hybridized carbons (Fsp3) is 0.385. The van der Waals surface area contributed by atoms with Gasteiger partial charge in [0, 0.05) is 11.0 Å². The van der Waals surface area contributed by atoms with E-state index in [-0.39, 0.29) is 24.8 Å². The minimum atomic E-state index is -0.159. The van der Waals surface area contributed by atoms with Crippen LogP contribution in [0.5, 0.6) is 0 Å². The number of halogens is 1. The average molecular weight is 313 g/mol. The number of benzene rings is 1. The summed E-state index contributed by atoms with van der Waals surface area (Å²) in [5, 5.41) is 5.30. The van der Waals surface area contributed by atoms with Crippen LogP contribution < -0.4 is 10.6 Å². The van der Waals surface area contributed by atoms with Crippen molar-refractivity contribution in [3.63, 3.8) is 0 Å². The van der Waals surface area contributed by atoms with Crippen molar-refractivity contribution >= 4 is 27.7 Å². The van der Waals surface area contributed by atoms with E-state index in [0.717, 1.165) is 16.5 Å². The number of carbonyl (C=O) groups is 2. The summed E-state index contributed by atoms with van der Waals surface area (Å²) >= 11 is 3.38. The molecule has 0 atom stereocenters. The third kappa shape index (κ3) is 5.31. The predicted molar refractivity (Wildman–Crippen MR) is 74.2 cm³/mol. The van der Waals surface area contributed by atoms with Crippen molar-refractivity contribution in [2.45, 2.75) is 19.8 Å². The highest BCUT2D eigenvalue weighted by atomic mass is 79.9. The molecular formula is C13H17BrN2O2. The molecule has 1 aromatic rings. The van der Waals surface area contributed by atoms with Gasteiger partial charge in [0.2, 0.25) is 11.8 Å². The van der Waals surface area contributed by atoms with Gasteiger partial charge in [0.15, 0.2) is 0 Å². The first kappa shape index (κ1) is 14.7. The van der Waals surface area contributed by atoms with Crippen LogP contribution in [0.3, 0.4) is 0 Å². The first-order valence-corrected chi connectivity index (χ1v) is 6.69. The Hall–Kier alpha value is -1.36. The van der Waals surface area contributed by atoms with E-state index in [9.17, 15) is 9.59 Å². The monoisotopic (exact) mass is 312 g/mol. The molecule has 0 aromatic heterocycles. The summed E-state index contributed by atoms with van der Waals surface area (Å²) in [7, 11) is 0. The Morgan fingerprint density at radius 2 is 1.89 bits per heavy atom. The second kappa shape index (κ2) is 7.87. The molecule has 1 rings (SSSR count). The minimum absolute atomic E-state index is 0.0310. The molecule has 0 saturated heterocycles. The van der Waals surface area contributed by atoms with Crippen molar-refractivity contribution in [1.29, 1.82) is 0 Å². The van der Waals surface area contributed by atoms with Crippen molar-refractivity contribution < 1.29 is 9.59 Å². The molecule has 0 aliphatic carbocycles. The molecule has 0 radical (unpaired) electrons. The Morgan fingerprint density at radius 1 is 1.17 bits per heavy atom. The first-order chi connectivity index (χ1) is 8.63. The van der Waals surface area contributed by atoms with E-state index in [1.807, 2.05) is 31.2 Å². The molecule has 18 heavy (non-hydrogen) atoms. The Morgan fingerprint density at radius 3 is 2.56 bits per heavy atom. The number of rotatable bonds is 6. The second-order valence-corrected chi connectivity index (χ2v) is 4.75. The highest BCUT2D eigenvalue weighted by Crippen LogP contribution is 2.15. The molecule has 0 unspecified atom stereocenters. The summed E-state index contributed by atoms with van der Waals surface area (Å²) in [6, 6.07) is 7.53. The highest BCUT2D eigenvalue weighted by molar-refractivity contribution is 9.10. The van der Waals surface area contributed by atoms with Gasteiger partial charge in [-0.3, -0.25) is 9.59 Å².